The first kappa shape index (κ1) is 55.7. The van der Waals surface area contributed by atoms with Crippen molar-refractivity contribution in [1.29, 1.82) is 0 Å². The van der Waals surface area contributed by atoms with E-state index in [0.29, 0.717) is 30.4 Å². The van der Waals surface area contributed by atoms with E-state index in [9.17, 15) is 73.8 Å². The molecule has 66 heavy (non-hydrogen) atoms. The number of nitro benzene ring substituents is 2. The molecule has 0 spiro atoms. The SMILES string of the molecule is O=C1C=C(O)C(N=Nc2cc(S(=O)(=O)[O-])cc3c2C(=O)/C(=N/Nc2ccc([N+](=O)[O-])cc2Cl)C(S(=O)(=O)[O-])=C3)=C/C1=N/Nc1ccc(Nc2ccc([N+](=O)[O-])cc2S(=O)(=O)[O-])cc1.[Na+].[Na+].[Na+]. The third-order valence-electron chi connectivity index (χ3n) is 8.33. The normalized spacial score (nSPS) is 15.0. The molecule has 0 heterocycles. The second-order valence-electron chi connectivity index (χ2n) is 12.5. The smallest absolute Gasteiger partial charge is 0.744 e. The van der Waals surface area contributed by atoms with Crippen molar-refractivity contribution in [2.75, 3.05) is 16.2 Å². The molecule has 0 aliphatic heterocycles. The molecule has 0 radical (unpaired) electrons. The van der Waals surface area contributed by atoms with Crippen LogP contribution in [-0.4, -0.2) is 76.9 Å². The average molecular weight is 1010 g/mol. The van der Waals surface area contributed by atoms with E-state index in [1.54, 1.807) is 0 Å². The zero-order chi connectivity index (χ0) is 46.2. The van der Waals surface area contributed by atoms with E-state index in [1.165, 1.54) is 24.3 Å². The van der Waals surface area contributed by atoms with E-state index in [2.05, 4.69) is 36.6 Å². The summed E-state index contributed by atoms with van der Waals surface area (Å²) in [5.41, 5.74) is -0.430. The van der Waals surface area contributed by atoms with Crippen molar-refractivity contribution in [2.45, 2.75) is 9.79 Å². The predicted molar refractivity (Wildman–Crippen MR) is 216 cm³/mol. The van der Waals surface area contributed by atoms with Gasteiger partial charge in [-0.25, -0.2) is 25.3 Å². The number of nitrogens with zero attached hydrogens (tertiary/aromatic N) is 6. The van der Waals surface area contributed by atoms with Crippen LogP contribution >= 0.6 is 11.6 Å². The number of hydrogen-bond acceptors (Lipinski definition) is 23. The molecule has 0 amide bonds. The van der Waals surface area contributed by atoms with Gasteiger partial charge in [0.25, 0.3) is 11.4 Å². The van der Waals surface area contributed by atoms with Crippen molar-refractivity contribution in [2.24, 2.45) is 20.4 Å². The number of nitro groups is 2. The molecular weight excluding hydrogens is 991 g/mol. The minimum atomic E-state index is -5.58. The Labute approximate surface area is 442 Å². The molecule has 25 nitrogen and oxygen atoms in total. The topological polar surface area (TPSA) is 398 Å². The maximum absolute atomic E-state index is 13.9. The number of hydrazone groups is 2. The number of halogens is 1. The molecule has 32 heteroatoms. The number of non-ortho nitro benzene ring substituents is 2. The number of aliphatic hydroxyl groups is 1. The Kier molecular flexibility index (Phi) is 18.6. The van der Waals surface area contributed by atoms with E-state index in [-0.39, 0.29) is 116 Å². The number of Topliss-reactive ketones (excluding diaryl/α,β-unsaturated/α-hetero) is 1. The summed E-state index contributed by atoms with van der Waals surface area (Å²) in [4.78, 5) is 43.8. The van der Waals surface area contributed by atoms with Gasteiger partial charge in [0.15, 0.2) is 0 Å². The van der Waals surface area contributed by atoms with Gasteiger partial charge < -0.3 is 24.1 Å². The summed E-state index contributed by atoms with van der Waals surface area (Å²) in [7, 11) is -16.1. The monoisotopic (exact) mass is 1010 g/mol. The summed E-state index contributed by atoms with van der Waals surface area (Å²) in [6.45, 7) is 0. The summed E-state index contributed by atoms with van der Waals surface area (Å²) in [6, 6.07) is 12.2. The first-order valence-electron chi connectivity index (χ1n) is 16.6. The summed E-state index contributed by atoms with van der Waals surface area (Å²) in [5, 5.41) is 50.2. The molecule has 0 saturated heterocycles. The van der Waals surface area contributed by atoms with Crippen molar-refractivity contribution in [1.82, 2.24) is 0 Å². The van der Waals surface area contributed by atoms with Gasteiger partial charge in [-0.15, -0.1) is 10.2 Å². The summed E-state index contributed by atoms with van der Waals surface area (Å²) in [5.74, 6) is -3.09. The van der Waals surface area contributed by atoms with Crippen LogP contribution < -0.4 is 105 Å². The summed E-state index contributed by atoms with van der Waals surface area (Å²) >= 11 is 6.04. The van der Waals surface area contributed by atoms with Crippen LogP contribution in [0.1, 0.15) is 15.9 Å². The summed E-state index contributed by atoms with van der Waals surface area (Å²) in [6.07, 6.45) is 2.07. The van der Waals surface area contributed by atoms with E-state index >= 15 is 0 Å². The molecule has 4 aromatic carbocycles. The van der Waals surface area contributed by atoms with E-state index in [4.69, 9.17) is 11.6 Å². The predicted octanol–water partition coefficient (Wildman–Crippen LogP) is -4.27. The zero-order valence-corrected chi connectivity index (χ0v) is 42.7. The van der Waals surface area contributed by atoms with Crippen molar-refractivity contribution < 1.29 is 152 Å². The number of aliphatic hydroxyl groups excluding tert-OH is 1. The van der Waals surface area contributed by atoms with Gasteiger partial charge >= 0.3 is 88.7 Å². The number of hydrogen-bond donors (Lipinski definition) is 4. The molecule has 0 atom stereocenters. The van der Waals surface area contributed by atoms with Crippen LogP contribution in [0.4, 0.5) is 39.8 Å². The molecule has 4 N–H and O–H groups in total. The van der Waals surface area contributed by atoms with Crippen LogP contribution in [0.3, 0.4) is 0 Å². The van der Waals surface area contributed by atoms with Crippen LogP contribution in [0.5, 0.6) is 0 Å². The number of benzene rings is 4. The second kappa shape index (κ2) is 22.0. The number of carbonyl (C=O) groups excluding carboxylic acids is 2. The third-order valence-corrected chi connectivity index (χ3v) is 11.2. The molecule has 2 aliphatic rings. The zero-order valence-electron chi connectivity index (χ0n) is 33.5. The molecule has 4 aromatic rings. The van der Waals surface area contributed by atoms with Gasteiger partial charge in [-0.1, -0.05) is 11.6 Å². The molecule has 0 fully saturated rings. The molecule has 2 aliphatic carbocycles. The minimum Gasteiger partial charge on any atom is -0.744 e. The molecular formula is C34H19ClN9Na3O16S3. The molecule has 324 valence electrons. The number of allylic oxidation sites excluding steroid dienone is 3. The van der Waals surface area contributed by atoms with Gasteiger partial charge in [-0.3, -0.25) is 40.7 Å². The Morgan fingerprint density at radius 1 is 0.652 bits per heavy atom. The first-order chi connectivity index (χ1) is 29.4. The number of ketones is 2. The van der Waals surface area contributed by atoms with E-state index < -0.39 is 118 Å². The first-order valence-corrected chi connectivity index (χ1v) is 21.2. The Bertz CT molecular complexity index is 3260. The van der Waals surface area contributed by atoms with Crippen LogP contribution in [0, 0.1) is 20.2 Å². The van der Waals surface area contributed by atoms with Gasteiger partial charge in [0.05, 0.1) is 57.9 Å². The standard InChI is InChI=1S/C34H22ClN9O16S3.3Na/c35-22-11-19(43(48)49)5-7-23(22)38-42-33-31(63(58,59)60)10-16-9-21(61(52,53)54)13-27(32(16)34(33)47)41-40-26-14-25(28(45)15-29(26)46)39-37-18-3-1-17(2-4-18)36-24-8-6-20(44(50)51)12-30(24)62(55,56)57;;;/h1-15,36-38,46H,(H,52,53,54)(H,55,56,57)(H,58,59,60);;;/q;3*+1/p-3/b39-25-,41-40?,42-33+;;;. The molecule has 0 unspecified atom stereocenters. The minimum absolute atomic E-state index is 0. The fourth-order valence-electron chi connectivity index (χ4n) is 5.43. The van der Waals surface area contributed by atoms with Crippen molar-refractivity contribution in [3.05, 3.63) is 138 Å². The molecule has 6 rings (SSSR count). The second-order valence-corrected chi connectivity index (χ2v) is 17.0. The average Bonchev–Trinajstić information content (AvgIpc) is 3.19. The number of azo groups is 1. The van der Waals surface area contributed by atoms with Gasteiger partial charge in [0.1, 0.15) is 53.2 Å². The number of nitrogens with one attached hydrogen (secondary N) is 3. The number of rotatable bonds is 13. The van der Waals surface area contributed by atoms with Crippen LogP contribution in [0.25, 0.3) is 6.08 Å². The fourth-order valence-corrected chi connectivity index (χ4v) is 7.48. The Balaban J connectivity index is 0.00000385. The Morgan fingerprint density at radius 3 is 1.80 bits per heavy atom. The van der Waals surface area contributed by atoms with E-state index in [1.807, 2.05) is 0 Å². The van der Waals surface area contributed by atoms with Crippen molar-refractivity contribution >= 4 is 111 Å². The quantitative estimate of drug-likeness (QED) is 0.0246. The maximum Gasteiger partial charge on any atom is 1.00 e. The summed E-state index contributed by atoms with van der Waals surface area (Å²) < 4.78 is 108. The Morgan fingerprint density at radius 2 is 1.24 bits per heavy atom. The number of fused-ring (bicyclic) bond motifs is 1. The van der Waals surface area contributed by atoms with Crippen molar-refractivity contribution in [3.8, 4) is 0 Å². The Hall–Kier alpha value is -4.60. The molecule has 0 bridgehead atoms. The van der Waals surface area contributed by atoms with Gasteiger partial charge in [-0.05, 0) is 60.2 Å². The molecule has 0 aromatic heterocycles. The van der Waals surface area contributed by atoms with Gasteiger partial charge in [0.2, 0.25) is 11.6 Å². The molecule has 0 saturated carbocycles. The van der Waals surface area contributed by atoms with E-state index in [0.717, 1.165) is 36.4 Å². The third kappa shape index (κ3) is 13.1. The number of carbonyl (C=O) groups is 2. The van der Waals surface area contributed by atoms with Crippen LogP contribution in [0.2, 0.25) is 5.02 Å². The van der Waals surface area contributed by atoms with Crippen molar-refractivity contribution in [3.63, 3.8) is 0 Å². The van der Waals surface area contributed by atoms with Gasteiger partial charge in [0, 0.05) is 42.1 Å². The largest absolute Gasteiger partial charge is 1.00 e. The van der Waals surface area contributed by atoms with Crippen LogP contribution in [-0.2, 0) is 35.1 Å². The maximum atomic E-state index is 13.9. The number of anilines is 4. The van der Waals surface area contributed by atoms with Gasteiger partial charge in [-0.2, -0.15) is 10.2 Å². The fraction of sp³-hybridized carbons (Fsp3) is 0. The van der Waals surface area contributed by atoms with Crippen LogP contribution in [0.15, 0.2) is 132 Å².